The van der Waals surface area contributed by atoms with Gasteiger partial charge in [0.05, 0.1) is 0 Å². The van der Waals surface area contributed by atoms with Crippen LogP contribution in [-0.2, 0) is 4.79 Å². The normalized spacial score (nSPS) is 9.36. The van der Waals surface area contributed by atoms with E-state index >= 15 is 0 Å². The Labute approximate surface area is 109 Å². The molecule has 5 nitrogen and oxygen atoms in total. The summed E-state index contributed by atoms with van der Waals surface area (Å²) in [6.45, 7) is 0. The first kappa shape index (κ1) is 18.4. The Balaban J connectivity index is -0.000000320. The van der Waals surface area contributed by atoms with Crippen molar-refractivity contribution >= 4 is 14.8 Å². The molecule has 54 valence electrons. The van der Waals surface area contributed by atoms with Gasteiger partial charge in [-0.3, -0.25) is 0 Å². The Morgan fingerprint density at radius 3 is 1.82 bits per heavy atom. The fourth-order valence-corrected chi connectivity index (χ4v) is 0.795. The molecule has 2 N–H and O–H groups in total. The quantitative estimate of drug-likeness (QED) is 0.436. The smallest absolute Gasteiger partial charge is 0.817 e. The predicted octanol–water partition coefficient (Wildman–Crippen LogP) is -9.58. The molecule has 0 fully saturated rings. The van der Waals surface area contributed by atoms with E-state index in [9.17, 15) is 14.7 Å². The summed E-state index contributed by atoms with van der Waals surface area (Å²) in [6.07, 6.45) is -0.581. The van der Waals surface area contributed by atoms with Gasteiger partial charge in [0.15, 0.2) is 0 Å². The minimum absolute atomic E-state index is 0. The van der Waals surface area contributed by atoms with Crippen LogP contribution >= 0.6 is 0 Å². The van der Waals surface area contributed by atoms with Crippen LogP contribution in [0.5, 0.6) is 0 Å². The van der Waals surface area contributed by atoms with E-state index in [1.54, 1.807) is 0 Å². The van der Waals surface area contributed by atoms with Gasteiger partial charge in [-0.15, -0.1) is 0 Å². The first-order valence-electron chi connectivity index (χ1n) is 2.27. The maximum atomic E-state index is 9.97. The Bertz CT molecular complexity index is 113. The molecule has 0 rings (SSSR count). The van der Waals surface area contributed by atoms with Crippen molar-refractivity contribution in [3.05, 3.63) is 0 Å². The van der Waals surface area contributed by atoms with Gasteiger partial charge in [-0.25, -0.2) is 0 Å². The van der Waals surface area contributed by atoms with Gasteiger partial charge >= 0.3 is 59.1 Å². The van der Waals surface area contributed by atoms with E-state index in [2.05, 4.69) is 0 Å². The summed E-state index contributed by atoms with van der Waals surface area (Å²) < 4.78 is 0. The van der Waals surface area contributed by atoms with Gasteiger partial charge in [-0.05, 0) is 12.5 Å². The van der Waals surface area contributed by atoms with E-state index < -0.39 is 27.2 Å². The van der Waals surface area contributed by atoms with E-state index in [1.165, 1.54) is 0 Å². The molecule has 0 aliphatic carbocycles. The van der Waals surface area contributed by atoms with E-state index in [0.29, 0.717) is 0 Å². The molecule has 0 amide bonds. The van der Waals surface area contributed by atoms with Gasteiger partial charge in [0.1, 0.15) is 0 Å². The molecule has 0 aliphatic rings. The van der Waals surface area contributed by atoms with Crippen LogP contribution < -0.4 is 69.0 Å². The number of hydrogen-bond donors (Lipinski definition) is 2. The average Bonchev–Trinajstić information content (AvgIpc) is 1.59. The fraction of sp³-hybridized carbons (Fsp3) is 0.667. The molecule has 0 atom stereocenters. The van der Waals surface area contributed by atoms with Gasteiger partial charge in [0, 0.05) is 5.97 Å². The number of rotatable bonds is 3. The van der Waals surface area contributed by atoms with E-state index in [4.69, 9.17) is 9.59 Å². The number of carbonyl (C=O) groups is 1. The molecule has 0 spiro atoms. The molecule has 0 bridgehead atoms. The van der Waals surface area contributed by atoms with Crippen molar-refractivity contribution in [1.29, 1.82) is 0 Å². The molecule has 0 unspecified atom stereocenters. The second-order valence-corrected chi connectivity index (χ2v) is 3.60. The molecule has 0 aromatic heterocycles. The summed E-state index contributed by atoms with van der Waals surface area (Å²) in [7, 11) is -4.39. The number of carboxylic acid groups (broad SMARTS) is 1. The molecule has 0 aromatic rings. The van der Waals surface area contributed by atoms with Gasteiger partial charge in [-0.2, -0.15) is 0 Å². The van der Waals surface area contributed by atoms with Crippen molar-refractivity contribution in [3.8, 4) is 0 Å². The largest absolute Gasteiger partial charge is 1.00 e. The summed E-state index contributed by atoms with van der Waals surface area (Å²) >= 11 is 0. The van der Waals surface area contributed by atoms with Crippen molar-refractivity contribution in [1.82, 2.24) is 0 Å². The molecule has 0 saturated heterocycles. The predicted molar refractivity (Wildman–Crippen MR) is 24.6 cm³/mol. The Morgan fingerprint density at radius 1 is 1.36 bits per heavy atom. The molecule has 0 radical (unpaired) electrons. The zero-order valence-electron chi connectivity index (χ0n) is 6.53. The zero-order chi connectivity index (χ0) is 7.49. The van der Waals surface area contributed by atoms with Crippen molar-refractivity contribution < 1.29 is 83.4 Å². The van der Waals surface area contributed by atoms with Gasteiger partial charge in [-0.1, -0.05) is 0 Å². The molecule has 0 aromatic carbocycles. The van der Waals surface area contributed by atoms with Crippen molar-refractivity contribution in [2.45, 2.75) is 12.5 Å². The Morgan fingerprint density at radius 2 is 1.73 bits per heavy atom. The third kappa shape index (κ3) is 18.5. The minimum atomic E-state index is -4.39. The molecule has 8 heteroatoms. The van der Waals surface area contributed by atoms with Crippen LogP contribution in [-0.4, -0.2) is 24.4 Å². The fourth-order valence-electron chi connectivity index (χ4n) is 0.265. The monoisotopic (exact) mass is 196 g/mol. The second kappa shape index (κ2) is 8.18. The Hall–Kier alpha value is 1.57. The summed E-state index contributed by atoms with van der Waals surface area (Å²) in [5, 5.41) is 9.60. The third-order valence-corrected chi connectivity index (χ3v) is 1.56. The second-order valence-electron chi connectivity index (χ2n) is 1.62. The molecule has 0 aliphatic heterocycles. The summed E-state index contributed by atoms with van der Waals surface area (Å²) in [4.78, 5) is 35.8. The van der Waals surface area contributed by atoms with Gasteiger partial charge in [0.2, 0.25) is 8.80 Å². The average molecular weight is 196 g/mol. The van der Waals surface area contributed by atoms with E-state index in [1.807, 2.05) is 0 Å². The van der Waals surface area contributed by atoms with E-state index in [0.717, 1.165) is 0 Å². The van der Waals surface area contributed by atoms with Crippen LogP contribution in [0.25, 0.3) is 0 Å². The summed E-state index contributed by atoms with van der Waals surface area (Å²) in [5.41, 5.74) is 0. The van der Waals surface area contributed by atoms with Crippen molar-refractivity contribution in [2.24, 2.45) is 0 Å². The molecule has 11 heavy (non-hydrogen) atoms. The maximum absolute atomic E-state index is 9.97. The van der Waals surface area contributed by atoms with Crippen LogP contribution in [0.3, 0.4) is 0 Å². The minimum Gasteiger partial charge on any atom is -0.817 e. The molecular formula is C3H6Na2O5Si. The zero-order valence-corrected chi connectivity index (χ0v) is 11.5. The van der Waals surface area contributed by atoms with Crippen LogP contribution in [0.1, 0.15) is 6.42 Å². The van der Waals surface area contributed by atoms with Crippen molar-refractivity contribution in [3.63, 3.8) is 0 Å². The van der Waals surface area contributed by atoms with Crippen LogP contribution in [0.2, 0.25) is 6.04 Å². The standard InChI is InChI=1S/C3H7O5Si.2Na/c4-3(5)1-2-9(6,7)8;;/h6-7H,1-2H2,(H,4,5);;/q-1;2*+1/p-1. The van der Waals surface area contributed by atoms with Crippen molar-refractivity contribution in [2.75, 3.05) is 0 Å². The van der Waals surface area contributed by atoms with Crippen LogP contribution in [0.15, 0.2) is 0 Å². The molecule has 0 saturated carbocycles. The summed E-state index contributed by atoms with van der Waals surface area (Å²) in [6, 6.07) is -0.616. The number of hydrogen-bond acceptors (Lipinski definition) is 5. The number of carboxylic acids is 1. The first-order valence-corrected chi connectivity index (χ1v) is 4.28. The van der Waals surface area contributed by atoms with E-state index in [-0.39, 0.29) is 59.1 Å². The van der Waals surface area contributed by atoms with Crippen LogP contribution in [0, 0.1) is 0 Å². The SMILES string of the molecule is O=C([O-])CC[Si]([O-])(O)O.[Na+].[Na+]. The van der Waals surface area contributed by atoms with Gasteiger partial charge < -0.3 is 24.3 Å². The molecular weight excluding hydrogens is 190 g/mol. The van der Waals surface area contributed by atoms with Crippen LogP contribution in [0.4, 0.5) is 0 Å². The third-order valence-electron chi connectivity index (χ3n) is 0.655. The Kier molecular flexibility index (Phi) is 13.7. The summed E-state index contributed by atoms with van der Waals surface area (Å²) in [5.74, 6) is -1.44. The number of aliphatic carboxylic acids is 1. The number of carbonyl (C=O) groups excluding carboxylic acids is 1. The maximum Gasteiger partial charge on any atom is 1.00 e. The first-order chi connectivity index (χ1) is 3.92. The topological polar surface area (TPSA) is 104 Å². The van der Waals surface area contributed by atoms with Gasteiger partial charge in [0.25, 0.3) is 0 Å². The molecule has 0 heterocycles.